The zero-order valence-electron chi connectivity index (χ0n) is 31.6. The molecule has 1 saturated heterocycles. The van der Waals surface area contributed by atoms with Crippen LogP contribution in [0.4, 0.5) is 19.3 Å². The molecule has 1 atom stereocenters. The molecule has 0 spiro atoms. The number of amides is 2. The summed E-state index contributed by atoms with van der Waals surface area (Å²) in [5.74, 6) is -1.21. The van der Waals surface area contributed by atoms with Crippen LogP contribution in [0.3, 0.4) is 0 Å². The molecule has 6 aromatic rings. The Morgan fingerprint density at radius 1 is 0.947 bits per heavy atom. The molecule has 1 aliphatic rings. The van der Waals surface area contributed by atoms with Gasteiger partial charge in [-0.3, -0.25) is 9.59 Å². The number of hydrogen-bond donors (Lipinski definition) is 1. The van der Waals surface area contributed by atoms with Crippen LogP contribution in [-0.4, -0.2) is 73.3 Å². The third-order valence-electron chi connectivity index (χ3n) is 8.93. The van der Waals surface area contributed by atoms with Gasteiger partial charge in [0.05, 0.1) is 25.9 Å². The van der Waals surface area contributed by atoms with Crippen molar-refractivity contribution >= 4 is 28.7 Å². The van der Waals surface area contributed by atoms with Crippen LogP contribution in [0.2, 0.25) is 0 Å². The Bertz CT molecular complexity index is 2480. The molecule has 0 bridgehead atoms. The fourth-order valence-electron chi connectivity index (χ4n) is 6.23. The lowest BCUT2D eigenvalue weighted by atomic mass is 10.1. The first kappa shape index (κ1) is 38.4. The molecule has 1 aliphatic heterocycles. The molecule has 1 fully saturated rings. The van der Waals surface area contributed by atoms with Crippen LogP contribution in [0.25, 0.3) is 16.7 Å². The largest absolute Gasteiger partial charge is 0.497 e. The molecule has 2 amide bonds. The zero-order valence-corrected chi connectivity index (χ0v) is 31.6. The van der Waals surface area contributed by atoms with Gasteiger partial charge >= 0.3 is 6.09 Å². The van der Waals surface area contributed by atoms with Gasteiger partial charge in [-0.15, -0.1) is 5.10 Å². The van der Waals surface area contributed by atoms with E-state index in [0.29, 0.717) is 42.7 Å². The Morgan fingerprint density at radius 2 is 1.72 bits per heavy atom. The monoisotopic (exact) mass is 779 g/mol. The zero-order chi connectivity index (χ0) is 40.3. The van der Waals surface area contributed by atoms with Crippen LogP contribution >= 0.6 is 0 Å². The highest BCUT2D eigenvalue weighted by molar-refractivity contribution is 6.04. The number of halogens is 2. The van der Waals surface area contributed by atoms with E-state index in [0.717, 1.165) is 16.3 Å². The quantitative estimate of drug-likeness (QED) is 0.152. The molecule has 14 nitrogen and oxygen atoms in total. The van der Waals surface area contributed by atoms with Crippen LogP contribution in [-0.2, 0) is 11.3 Å². The van der Waals surface area contributed by atoms with Gasteiger partial charge in [0.15, 0.2) is 17.2 Å². The fraction of sp³-hybridized carbons (Fsp3) is 0.268. The van der Waals surface area contributed by atoms with E-state index < -0.39 is 40.9 Å². The molecule has 1 N–H and O–H groups in total. The summed E-state index contributed by atoms with van der Waals surface area (Å²) in [5.41, 5.74) is -0.0499. The molecule has 7 rings (SSSR count). The number of piperidine rings is 1. The summed E-state index contributed by atoms with van der Waals surface area (Å²) in [6.45, 7) is 6.52. The number of anilines is 1. The van der Waals surface area contributed by atoms with E-state index >= 15 is 4.39 Å². The number of likely N-dealkylation sites (tertiary alicyclic amines) is 1. The molecule has 57 heavy (non-hydrogen) atoms. The lowest BCUT2D eigenvalue weighted by Crippen LogP contribution is -2.46. The summed E-state index contributed by atoms with van der Waals surface area (Å²) in [5, 5.41) is 11.7. The molecular weight excluding hydrogens is 740 g/mol. The van der Waals surface area contributed by atoms with Crippen molar-refractivity contribution in [2.75, 3.05) is 25.5 Å². The SMILES string of the molecule is COc1ccc(Cn2nc(OC3CCCN(C(=O)OC(C)(C)C)C3)c3c(Oc4ccc(NC(=O)c5ccnn(-c6ccc(F)cc6)c5=O)cc4F)ccnc32)cc1. The first-order chi connectivity index (χ1) is 27.3. The van der Waals surface area contributed by atoms with Gasteiger partial charge in [-0.25, -0.2) is 23.2 Å². The average molecular weight is 780 g/mol. The van der Waals surface area contributed by atoms with Crippen molar-refractivity contribution in [1.29, 1.82) is 0 Å². The van der Waals surface area contributed by atoms with Gasteiger partial charge in [0, 0.05) is 36.8 Å². The second-order valence-electron chi connectivity index (χ2n) is 14.3. The highest BCUT2D eigenvalue weighted by atomic mass is 19.1. The maximum Gasteiger partial charge on any atom is 0.410 e. The number of nitrogens with zero attached hydrogens (tertiary/aromatic N) is 6. The van der Waals surface area contributed by atoms with Gasteiger partial charge in [-0.2, -0.15) is 9.78 Å². The van der Waals surface area contributed by atoms with Gasteiger partial charge in [0.25, 0.3) is 11.5 Å². The van der Waals surface area contributed by atoms with Crippen LogP contribution in [0, 0.1) is 11.6 Å². The van der Waals surface area contributed by atoms with E-state index in [9.17, 15) is 18.8 Å². The molecule has 0 aliphatic carbocycles. The minimum atomic E-state index is -0.815. The number of ether oxygens (including phenoxy) is 4. The van der Waals surface area contributed by atoms with Crippen LogP contribution < -0.4 is 25.1 Å². The number of fused-ring (bicyclic) bond motifs is 1. The van der Waals surface area contributed by atoms with Gasteiger partial charge < -0.3 is 29.2 Å². The van der Waals surface area contributed by atoms with E-state index in [2.05, 4.69) is 15.4 Å². The van der Waals surface area contributed by atoms with Crippen LogP contribution in [0.15, 0.2) is 96.1 Å². The van der Waals surface area contributed by atoms with Gasteiger partial charge in [0.1, 0.15) is 40.0 Å². The number of aromatic nitrogens is 5. The molecule has 16 heteroatoms. The Hall–Kier alpha value is -6.84. The Balaban J connectivity index is 1.15. The lowest BCUT2D eigenvalue weighted by molar-refractivity contribution is 0.00730. The molecule has 3 aromatic heterocycles. The normalized spacial score (nSPS) is 14.3. The van der Waals surface area contributed by atoms with E-state index in [1.54, 1.807) is 22.8 Å². The van der Waals surface area contributed by atoms with Crippen molar-refractivity contribution in [2.45, 2.75) is 51.9 Å². The highest BCUT2D eigenvalue weighted by Crippen LogP contribution is 2.38. The second kappa shape index (κ2) is 16.1. The lowest BCUT2D eigenvalue weighted by Gasteiger charge is -2.33. The van der Waals surface area contributed by atoms with Crippen molar-refractivity contribution < 1.29 is 37.3 Å². The number of pyridine rings is 1. The first-order valence-corrected chi connectivity index (χ1v) is 18.1. The molecule has 1 unspecified atom stereocenters. The van der Waals surface area contributed by atoms with E-state index in [4.69, 9.17) is 24.0 Å². The standard InChI is InChI=1S/C41H39F2N7O7/c1-41(2,3)57-40(53)48-21-5-6-30(24-48)55-38-35-34(18-19-44-36(35)49(47-38)23-25-7-14-29(54-4)15-8-25)56-33-16-11-27(22-32(33)43)46-37(51)31-17-20-45-50(39(31)52)28-12-9-26(42)10-13-28/h7-20,22,30H,5-6,21,23-24H2,1-4H3,(H,46,51). The predicted octanol–water partition coefficient (Wildman–Crippen LogP) is 7.14. The molecule has 0 radical (unpaired) electrons. The summed E-state index contributed by atoms with van der Waals surface area (Å²) in [6, 6.07) is 19.1. The third-order valence-corrected chi connectivity index (χ3v) is 8.93. The predicted molar refractivity (Wildman–Crippen MR) is 205 cm³/mol. The van der Waals surface area contributed by atoms with Crippen molar-refractivity contribution in [3.63, 3.8) is 0 Å². The summed E-state index contributed by atoms with van der Waals surface area (Å²) in [6.07, 6.45) is 3.22. The minimum absolute atomic E-state index is 0.0532. The Kier molecular flexibility index (Phi) is 10.9. The Morgan fingerprint density at radius 3 is 2.44 bits per heavy atom. The molecular formula is C41H39F2N7O7. The van der Waals surface area contributed by atoms with Gasteiger partial charge in [-0.1, -0.05) is 12.1 Å². The number of carbonyl (C=O) groups is 2. The molecule has 0 saturated carbocycles. The highest BCUT2D eigenvalue weighted by Gasteiger charge is 2.30. The number of benzene rings is 3. The average Bonchev–Trinajstić information content (AvgIpc) is 3.53. The number of carbonyl (C=O) groups excluding carboxylic acids is 2. The number of nitrogens with one attached hydrogen (secondary N) is 1. The molecule has 294 valence electrons. The smallest absolute Gasteiger partial charge is 0.410 e. The summed E-state index contributed by atoms with van der Waals surface area (Å²) in [7, 11) is 1.59. The van der Waals surface area contributed by atoms with Crippen molar-refractivity contribution in [3.05, 3.63) is 124 Å². The number of methoxy groups -OCH3 is 1. The second-order valence-corrected chi connectivity index (χ2v) is 14.3. The van der Waals surface area contributed by atoms with Gasteiger partial charge in [-0.05, 0) is 93.8 Å². The maximum absolute atomic E-state index is 15.7. The van der Waals surface area contributed by atoms with Gasteiger partial charge in [0.2, 0.25) is 5.88 Å². The third kappa shape index (κ3) is 8.85. The number of hydrogen-bond acceptors (Lipinski definition) is 10. The minimum Gasteiger partial charge on any atom is -0.497 e. The topological polar surface area (TPSA) is 152 Å². The van der Waals surface area contributed by atoms with Crippen molar-refractivity contribution in [3.8, 4) is 28.8 Å². The maximum atomic E-state index is 15.7. The van der Waals surface area contributed by atoms with Crippen molar-refractivity contribution in [1.82, 2.24) is 29.4 Å². The van der Waals surface area contributed by atoms with E-state index in [-0.39, 0.29) is 40.9 Å². The summed E-state index contributed by atoms with van der Waals surface area (Å²) in [4.78, 5) is 45.4. The fourth-order valence-corrected chi connectivity index (χ4v) is 6.23. The van der Waals surface area contributed by atoms with E-state index in [1.165, 1.54) is 54.9 Å². The van der Waals surface area contributed by atoms with Crippen LogP contribution in [0.1, 0.15) is 49.5 Å². The summed E-state index contributed by atoms with van der Waals surface area (Å²) >= 11 is 0. The van der Waals surface area contributed by atoms with E-state index in [1.807, 2.05) is 45.0 Å². The molecule has 3 aromatic carbocycles. The Labute approximate surface area is 325 Å². The van der Waals surface area contributed by atoms with Crippen molar-refractivity contribution in [2.24, 2.45) is 0 Å². The first-order valence-electron chi connectivity index (χ1n) is 18.1. The molecule has 4 heterocycles. The summed E-state index contributed by atoms with van der Waals surface area (Å²) < 4.78 is 55.3. The number of rotatable bonds is 10. The van der Waals surface area contributed by atoms with Crippen LogP contribution in [0.5, 0.6) is 23.1 Å².